The number of carbonyl (C=O) groups excluding carboxylic acids is 2. The highest BCUT2D eigenvalue weighted by Gasteiger charge is 2.26. The lowest BCUT2D eigenvalue weighted by molar-refractivity contribution is -0.144. The maximum atomic E-state index is 12.0. The van der Waals surface area contributed by atoms with Crippen molar-refractivity contribution < 1.29 is 19.1 Å². The Kier molecular flexibility index (Phi) is 6.52. The van der Waals surface area contributed by atoms with Gasteiger partial charge in [-0.05, 0) is 18.1 Å². The van der Waals surface area contributed by atoms with Crippen LogP contribution in [0.15, 0.2) is 24.3 Å². The van der Waals surface area contributed by atoms with Crippen molar-refractivity contribution in [2.45, 2.75) is 26.3 Å². The number of hydrogen-bond acceptors (Lipinski definition) is 4. The first-order valence-electron chi connectivity index (χ1n) is 6.81. The molecule has 0 saturated heterocycles. The lowest BCUT2D eigenvalue weighted by Gasteiger charge is -2.22. The van der Waals surface area contributed by atoms with Crippen LogP contribution in [0, 0.1) is 5.92 Å². The van der Waals surface area contributed by atoms with Gasteiger partial charge in [0.25, 0.3) is 0 Å². The summed E-state index contributed by atoms with van der Waals surface area (Å²) in [4.78, 5) is 23.7. The fourth-order valence-corrected chi connectivity index (χ4v) is 1.81. The Morgan fingerprint density at radius 2 is 2.00 bits per heavy atom. The van der Waals surface area contributed by atoms with Crippen molar-refractivity contribution >= 4 is 17.7 Å². The molecule has 6 nitrogen and oxygen atoms in total. The largest absolute Gasteiger partial charge is 0.497 e. The lowest BCUT2D eigenvalue weighted by Crippen LogP contribution is -2.47. The third-order valence-corrected chi connectivity index (χ3v) is 3.28. The zero-order valence-corrected chi connectivity index (χ0v) is 12.8. The summed E-state index contributed by atoms with van der Waals surface area (Å²) in [6.45, 7) is 3.83. The molecule has 21 heavy (non-hydrogen) atoms. The third-order valence-electron chi connectivity index (χ3n) is 3.28. The van der Waals surface area contributed by atoms with Gasteiger partial charge in [-0.1, -0.05) is 26.3 Å². The molecule has 0 bridgehead atoms. The second-order valence-corrected chi connectivity index (χ2v) is 4.72. The molecular weight excluding hydrogens is 272 g/mol. The van der Waals surface area contributed by atoms with Gasteiger partial charge in [-0.3, -0.25) is 0 Å². The number of hydrogen-bond donors (Lipinski definition) is 2. The molecule has 2 N–H and O–H groups in total. The van der Waals surface area contributed by atoms with Crippen molar-refractivity contribution in [3.05, 3.63) is 24.3 Å². The van der Waals surface area contributed by atoms with Gasteiger partial charge in [-0.15, -0.1) is 0 Å². The van der Waals surface area contributed by atoms with E-state index in [1.165, 1.54) is 7.11 Å². The summed E-state index contributed by atoms with van der Waals surface area (Å²) in [5.74, 6) is 0.165. The first-order valence-corrected chi connectivity index (χ1v) is 6.81. The van der Waals surface area contributed by atoms with Crippen LogP contribution in [0.2, 0.25) is 0 Å². The molecule has 0 aliphatic heterocycles. The van der Waals surface area contributed by atoms with E-state index in [1.54, 1.807) is 31.4 Å². The average molecular weight is 294 g/mol. The molecule has 1 rings (SSSR count). The maximum Gasteiger partial charge on any atom is 0.328 e. The molecule has 116 valence electrons. The SMILES string of the molecule is CC[C@H](C)[C@@H](NC(=O)Nc1cccc(OC)c1)C(=O)OC. The molecule has 0 aliphatic rings. The van der Waals surface area contributed by atoms with Gasteiger partial charge < -0.3 is 20.1 Å². The number of ether oxygens (including phenoxy) is 2. The van der Waals surface area contributed by atoms with Crippen molar-refractivity contribution in [3.8, 4) is 5.75 Å². The Morgan fingerprint density at radius 1 is 1.29 bits per heavy atom. The van der Waals surface area contributed by atoms with Gasteiger partial charge in [0.1, 0.15) is 11.8 Å². The summed E-state index contributed by atoms with van der Waals surface area (Å²) in [6.07, 6.45) is 0.749. The van der Waals surface area contributed by atoms with Crippen LogP contribution < -0.4 is 15.4 Å². The van der Waals surface area contributed by atoms with Crippen LogP contribution in [0.4, 0.5) is 10.5 Å². The Morgan fingerprint density at radius 3 is 2.57 bits per heavy atom. The third kappa shape index (κ3) is 4.98. The summed E-state index contributed by atoms with van der Waals surface area (Å²) in [7, 11) is 2.86. The number of anilines is 1. The molecule has 1 aromatic carbocycles. The van der Waals surface area contributed by atoms with Gasteiger partial charge in [0.05, 0.1) is 14.2 Å². The molecular formula is C15H22N2O4. The Balaban J connectivity index is 2.71. The van der Waals surface area contributed by atoms with Crippen molar-refractivity contribution in [3.63, 3.8) is 0 Å². The molecule has 1 aromatic rings. The predicted octanol–water partition coefficient (Wildman–Crippen LogP) is 2.40. The number of carbonyl (C=O) groups is 2. The Labute approximate surface area is 124 Å². The molecule has 0 aliphatic carbocycles. The van der Waals surface area contributed by atoms with Crippen LogP contribution in [0.3, 0.4) is 0 Å². The van der Waals surface area contributed by atoms with Gasteiger partial charge >= 0.3 is 12.0 Å². The number of nitrogens with one attached hydrogen (secondary N) is 2. The fraction of sp³-hybridized carbons (Fsp3) is 0.467. The summed E-state index contributed by atoms with van der Waals surface area (Å²) in [5.41, 5.74) is 0.583. The monoisotopic (exact) mass is 294 g/mol. The van der Waals surface area contributed by atoms with Crippen LogP contribution >= 0.6 is 0 Å². The molecule has 0 unspecified atom stereocenters. The number of urea groups is 1. The standard InChI is InChI=1S/C15H22N2O4/c1-5-10(2)13(14(18)21-4)17-15(19)16-11-7-6-8-12(9-11)20-3/h6-10,13H,5H2,1-4H3,(H2,16,17,19)/t10-,13+/m0/s1. The number of esters is 1. The van der Waals surface area contributed by atoms with E-state index in [2.05, 4.69) is 10.6 Å². The highest BCUT2D eigenvalue weighted by molar-refractivity contribution is 5.92. The van der Waals surface area contributed by atoms with Crippen molar-refractivity contribution in [2.75, 3.05) is 19.5 Å². The van der Waals surface area contributed by atoms with Crippen LogP contribution in [-0.4, -0.2) is 32.3 Å². The topological polar surface area (TPSA) is 76.7 Å². The molecule has 0 aromatic heterocycles. The predicted molar refractivity (Wildman–Crippen MR) is 80.4 cm³/mol. The van der Waals surface area contributed by atoms with Gasteiger partial charge in [0, 0.05) is 11.8 Å². The van der Waals surface area contributed by atoms with Crippen molar-refractivity contribution in [2.24, 2.45) is 5.92 Å². The average Bonchev–Trinajstić information content (AvgIpc) is 2.51. The zero-order valence-electron chi connectivity index (χ0n) is 12.8. The second-order valence-electron chi connectivity index (χ2n) is 4.72. The van der Waals surface area contributed by atoms with E-state index in [-0.39, 0.29) is 5.92 Å². The normalized spacial score (nSPS) is 13.0. The van der Waals surface area contributed by atoms with Gasteiger partial charge in [0.15, 0.2) is 0 Å². The Hall–Kier alpha value is -2.24. The number of methoxy groups -OCH3 is 2. The molecule has 0 spiro atoms. The smallest absolute Gasteiger partial charge is 0.328 e. The second kappa shape index (κ2) is 8.14. The van der Waals surface area contributed by atoms with E-state index in [1.807, 2.05) is 13.8 Å². The molecule has 2 atom stereocenters. The van der Waals surface area contributed by atoms with Gasteiger partial charge in [-0.2, -0.15) is 0 Å². The Bertz CT molecular complexity index is 490. The summed E-state index contributed by atoms with van der Waals surface area (Å²) < 4.78 is 9.80. The minimum absolute atomic E-state index is 0.0199. The van der Waals surface area contributed by atoms with Crippen molar-refractivity contribution in [1.29, 1.82) is 0 Å². The highest BCUT2D eigenvalue weighted by Crippen LogP contribution is 2.17. The van der Waals surface area contributed by atoms with Gasteiger partial charge in [-0.25, -0.2) is 9.59 Å². The summed E-state index contributed by atoms with van der Waals surface area (Å²) in [6, 6.07) is 5.83. The van der Waals surface area contributed by atoms with Gasteiger partial charge in [0.2, 0.25) is 0 Å². The lowest BCUT2D eigenvalue weighted by atomic mass is 9.99. The van der Waals surface area contributed by atoms with E-state index in [9.17, 15) is 9.59 Å². The van der Waals surface area contributed by atoms with E-state index < -0.39 is 18.0 Å². The number of amides is 2. The maximum absolute atomic E-state index is 12.0. The summed E-state index contributed by atoms with van der Waals surface area (Å²) >= 11 is 0. The van der Waals surface area contributed by atoms with E-state index in [0.717, 1.165) is 6.42 Å². The van der Waals surface area contributed by atoms with Crippen molar-refractivity contribution in [1.82, 2.24) is 5.32 Å². The molecule has 0 radical (unpaired) electrons. The molecule has 6 heteroatoms. The molecule has 0 saturated carbocycles. The fourth-order valence-electron chi connectivity index (χ4n) is 1.81. The number of rotatable bonds is 6. The quantitative estimate of drug-likeness (QED) is 0.790. The van der Waals surface area contributed by atoms with Crippen LogP contribution in [0.25, 0.3) is 0 Å². The molecule has 0 fully saturated rings. The van der Waals surface area contributed by atoms with Crippen LogP contribution in [0.1, 0.15) is 20.3 Å². The highest BCUT2D eigenvalue weighted by atomic mass is 16.5. The first kappa shape index (κ1) is 16.8. The van der Waals surface area contributed by atoms with E-state index in [4.69, 9.17) is 9.47 Å². The van der Waals surface area contributed by atoms with E-state index >= 15 is 0 Å². The van der Waals surface area contributed by atoms with E-state index in [0.29, 0.717) is 11.4 Å². The molecule has 0 heterocycles. The molecule has 2 amide bonds. The first-order chi connectivity index (χ1) is 10.0. The minimum atomic E-state index is -0.675. The van der Waals surface area contributed by atoms with Crippen LogP contribution in [-0.2, 0) is 9.53 Å². The number of benzene rings is 1. The zero-order chi connectivity index (χ0) is 15.8. The summed E-state index contributed by atoms with van der Waals surface area (Å²) in [5, 5.41) is 5.31. The minimum Gasteiger partial charge on any atom is -0.497 e. The van der Waals surface area contributed by atoms with Crippen LogP contribution in [0.5, 0.6) is 5.75 Å².